The van der Waals surface area contributed by atoms with E-state index in [0.717, 1.165) is 148 Å². The van der Waals surface area contributed by atoms with Crippen LogP contribution in [0.1, 0.15) is 133 Å². The van der Waals surface area contributed by atoms with Gasteiger partial charge in [0.15, 0.2) is 34.9 Å². The first-order valence-corrected chi connectivity index (χ1v) is 50.1. The molecule has 1 fully saturated rings. The van der Waals surface area contributed by atoms with Crippen LogP contribution in [-0.4, -0.2) is 44.9 Å². The van der Waals surface area contributed by atoms with Crippen molar-refractivity contribution in [1.29, 1.82) is 0 Å². The molecule has 1 saturated carbocycles. The summed E-state index contributed by atoms with van der Waals surface area (Å²) in [6, 6.07) is 159. The normalized spacial score (nSPS) is 13.9. The second kappa shape index (κ2) is 39.6. The van der Waals surface area contributed by atoms with Crippen molar-refractivity contribution in [3.05, 3.63) is 489 Å². The Bertz CT molecular complexity index is 7280. The molecule has 1 aliphatic rings. The molecule has 0 saturated heterocycles. The lowest BCUT2D eigenvalue weighted by Crippen LogP contribution is -2.21. The molecule has 0 aliphatic heterocycles. The van der Waals surface area contributed by atoms with E-state index in [2.05, 4.69) is 426 Å². The lowest BCUT2D eigenvalue weighted by molar-refractivity contribution is 0.353. The van der Waals surface area contributed by atoms with Crippen LogP contribution in [0.4, 0.5) is 0 Å². The van der Waals surface area contributed by atoms with Crippen molar-refractivity contribution in [3.8, 4) is 202 Å². The van der Waals surface area contributed by atoms with Crippen molar-refractivity contribution in [2.45, 2.75) is 116 Å². The van der Waals surface area contributed by atoms with Crippen molar-refractivity contribution in [2.75, 3.05) is 0 Å². The highest BCUT2D eigenvalue weighted by atomic mass is 15.0. The fourth-order valence-corrected chi connectivity index (χ4v) is 20.8. The van der Waals surface area contributed by atoms with Crippen molar-refractivity contribution < 1.29 is 0 Å². The summed E-state index contributed by atoms with van der Waals surface area (Å²) in [7, 11) is 0. The van der Waals surface area contributed by atoms with Gasteiger partial charge in [-0.1, -0.05) is 426 Å². The number of nitrogens with zero attached hydrogens (tertiary/aromatic N) is 9. The van der Waals surface area contributed by atoms with Gasteiger partial charge in [-0.05, 0) is 260 Å². The van der Waals surface area contributed by atoms with Crippen molar-refractivity contribution in [3.63, 3.8) is 0 Å². The lowest BCUT2D eigenvalue weighted by Gasteiger charge is -2.38. The molecule has 144 heavy (non-hydrogen) atoms. The van der Waals surface area contributed by atoms with E-state index >= 15 is 0 Å². The molecule has 0 bridgehead atoms. The van der Waals surface area contributed by atoms with Crippen LogP contribution in [0.5, 0.6) is 0 Å². The molecule has 21 aromatic rings. The number of hydrogen-bond acceptors (Lipinski definition) is 9. The molecule has 0 N–H and O–H groups in total. The Balaban J connectivity index is 0.713. The van der Waals surface area contributed by atoms with E-state index in [1.807, 2.05) is 91.4 Å². The van der Waals surface area contributed by atoms with E-state index in [9.17, 15) is 0 Å². The highest BCUT2D eigenvalue weighted by molar-refractivity contribution is 5.94. The van der Waals surface area contributed by atoms with E-state index in [1.165, 1.54) is 72.3 Å². The van der Waals surface area contributed by atoms with Crippen LogP contribution in [0.15, 0.2) is 455 Å². The molecule has 9 nitrogen and oxygen atoms in total. The minimum absolute atomic E-state index is 0.0293. The van der Waals surface area contributed by atoms with Gasteiger partial charge in [0.1, 0.15) is 0 Å². The molecule has 0 spiro atoms. The minimum atomic E-state index is -0.111. The zero-order valence-electron chi connectivity index (χ0n) is 82.7. The van der Waals surface area contributed by atoms with Gasteiger partial charge in [0.25, 0.3) is 0 Å². The van der Waals surface area contributed by atoms with Crippen LogP contribution < -0.4 is 0 Å². The highest BCUT2D eigenvalue weighted by Crippen LogP contribution is 2.56. The predicted octanol–water partition coefficient (Wildman–Crippen LogP) is 35.0. The van der Waals surface area contributed by atoms with Crippen molar-refractivity contribution in [1.82, 2.24) is 44.9 Å². The summed E-state index contributed by atoms with van der Waals surface area (Å²) >= 11 is 0. The first kappa shape index (κ1) is 92.0. The molecule has 0 radical (unpaired) electrons. The average Bonchev–Trinajstić information content (AvgIpc) is 0.754. The Morgan fingerprint density at radius 1 is 0.160 bits per heavy atom. The fraction of sp³-hybridized carbons (Fsp3) is 0.133. The molecule has 22 rings (SSSR count). The summed E-state index contributed by atoms with van der Waals surface area (Å²) in [4.78, 5) is 46.5. The monoisotopic (exact) mass is 1860 g/mol. The zero-order chi connectivity index (χ0) is 98.0. The van der Waals surface area contributed by atoms with Gasteiger partial charge in [0.2, 0.25) is 0 Å². The summed E-state index contributed by atoms with van der Waals surface area (Å²) in [5.41, 5.74) is 39.1. The van der Waals surface area contributed by atoms with E-state index < -0.39 is 0 Å². The van der Waals surface area contributed by atoms with E-state index in [0.29, 0.717) is 34.9 Å². The zero-order valence-corrected chi connectivity index (χ0v) is 82.7. The van der Waals surface area contributed by atoms with Crippen LogP contribution >= 0.6 is 0 Å². The quantitative estimate of drug-likeness (QED) is 0.0693. The maximum Gasteiger partial charge on any atom is 0.164 e. The third-order valence-electron chi connectivity index (χ3n) is 28.6. The lowest BCUT2D eigenvalue weighted by atomic mass is 9.66. The summed E-state index contributed by atoms with van der Waals surface area (Å²) in [5, 5.41) is 0. The number of rotatable bonds is 21. The third-order valence-corrected chi connectivity index (χ3v) is 28.6. The van der Waals surface area contributed by atoms with Gasteiger partial charge in [-0.3, -0.25) is 15.0 Å². The number of hydrogen-bond donors (Lipinski definition) is 0. The summed E-state index contributed by atoms with van der Waals surface area (Å²) < 4.78 is 0. The summed E-state index contributed by atoms with van der Waals surface area (Å²) in [6.45, 7) is 20.5. The van der Waals surface area contributed by atoms with E-state index in [-0.39, 0.29) is 34.0 Å². The number of benzene rings is 16. The standard InChI is InChI=1S/C135H111N9/c1-133(2,3)109-70-73-136-124(85-109)100-64-67-118(121(82-100)91-54-52-90(53-55-91)105-77-103(88-34-16-10-17-35-88)76-104(78-105)89-36-18-11-19-37-89)115-49-31-28-46-112(115)106-79-107(113-47-29-32-50-116(113)119-68-65-101(125-86-110(71-74-137-125)134(4,5)6)83-122(119)92-56-60-98(61-57-92)131-141-127(94-38-20-12-21-39-94)139-128(142-131)95-40-22-13-23-41-95)81-108(80-106)114-48-30-33-51-117(114)120-69-66-102(126-87-111(72-75-138-126)135(7,8)9)84-123(120)93-58-62-99(63-59-93)132-143-129(96-42-24-14-25-43-96)140-130(144-132)97-44-26-15-27-45-97/h10-78,82-87,106-108H,79-81H2,1-9H3. The molecule has 5 heterocycles. The molecule has 16 aromatic carbocycles. The topological polar surface area (TPSA) is 116 Å². The predicted molar refractivity (Wildman–Crippen MR) is 596 cm³/mol. The second-order valence-corrected chi connectivity index (χ2v) is 41.2. The van der Waals surface area contributed by atoms with Crippen LogP contribution in [0.25, 0.3) is 202 Å². The molecule has 696 valence electrons. The smallest absolute Gasteiger partial charge is 0.164 e. The number of pyridine rings is 3. The summed E-state index contributed by atoms with van der Waals surface area (Å²) in [6.07, 6.45) is 8.51. The van der Waals surface area contributed by atoms with Gasteiger partial charge in [-0.15, -0.1) is 0 Å². The Morgan fingerprint density at radius 2 is 0.361 bits per heavy atom. The Labute approximate surface area is 845 Å². The Hall–Kier alpha value is -17.0. The molecule has 2 atom stereocenters. The summed E-state index contributed by atoms with van der Waals surface area (Å²) in [5.74, 6) is 3.73. The van der Waals surface area contributed by atoms with Crippen LogP contribution in [0.2, 0.25) is 0 Å². The Kier molecular flexibility index (Phi) is 25.3. The first-order valence-electron chi connectivity index (χ1n) is 50.1. The minimum Gasteiger partial charge on any atom is -0.256 e. The average molecular weight is 1860 g/mol. The SMILES string of the molecule is CC(C)(C)c1ccnc(-c2ccc(-c3ccccc3C3CC(c4ccccc4-c4ccc(-c5cc(C(C)(C)C)ccn5)cc4-c4ccc(-c5nc(-c6ccccc6)nc(-c6ccccc6)n5)cc4)CC(c4ccccc4-c4ccc(-c5cc(C(C)(C)C)ccn5)cc4-c4ccc(-c5nc(-c6ccccc6)nc(-c6ccccc6)n5)cc4)C3)c(-c3ccc(-c4cc(-c5ccccc5)cc(-c5ccccc5)c4)cc3)c2)c1. The fourth-order valence-electron chi connectivity index (χ4n) is 20.8. The molecular weight excluding hydrogens is 1750 g/mol. The molecular formula is C135H111N9. The van der Waals surface area contributed by atoms with Gasteiger partial charge in [0, 0.05) is 68.7 Å². The van der Waals surface area contributed by atoms with Gasteiger partial charge in [-0.2, -0.15) is 0 Å². The highest BCUT2D eigenvalue weighted by Gasteiger charge is 2.37. The van der Waals surface area contributed by atoms with Crippen LogP contribution in [0.3, 0.4) is 0 Å². The van der Waals surface area contributed by atoms with E-state index in [4.69, 9.17) is 44.9 Å². The molecule has 9 heteroatoms. The van der Waals surface area contributed by atoms with Gasteiger partial charge >= 0.3 is 0 Å². The second-order valence-electron chi connectivity index (χ2n) is 41.2. The molecule has 2 unspecified atom stereocenters. The maximum absolute atomic E-state index is 5.22. The maximum atomic E-state index is 5.22. The molecule has 5 aromatic heterocycles. The van der Waals surface area contributed by atoms with Crippen molar-refractivity contribution in [2.24, 2.45) is 0 Å². The van der Waals surface area contributed by atoms with Crippen LogP contribution in [0, 0.1) is 0 Å². The van der Waals surface area contributed by atoms with E-state index in [1.54, 1.807) is 0 Å². The van der Waals surface area contributed by atoms with Gasteiger partial charge in [0.05, 0.1) is 17.1 Å². The Morgan fingerprint density at radius 3 is 0.611 bits per heavy atom. The number of aromatic nitrogens is 9. The van der Waals surface area contributed by atoms with Crippen molar-refractivity contribution >= 4 is 0 Å². The third kappa shape index (κ3) is 19.6. The van der Waals surface area contributed by atoms with Crippen LogP contribution in [-0.2, 0) is 16.2 Å². The van der Waals surface area contributed by atoms with Gasteiger partial charge in [-0.25, -0.2) is 29.9 Å². The van der Waals surface area contributed by atoms with Gasteiger partial charge < -0.3 is 0 Å². The largest absolute Gasteiger partial charge is 0.256 e. The first-order chi connectivity index (χ1) is 70.2. The molecule has 1 aliphatic carbocycles. The molecule has 0 amide bonds.